The molecule has 0 radical (unpaired) electrons. The quantitative estimate of drug-likeness (QED) is 0.915. The molecule has 5 heteroatoms. The Morgan fingerprint density at radius 3 is 2.62 bits per heavy atom. The van der Waals surface area contributed by atoms with Gasteiger partial charge in [0.25, 0.3) is 0 Å². The van der Waals surface area contributed by atoms with E-state index < -0.39 is 0 Å². The van der Waals surface area contributed by atoms with Gasteiger partial charge in [0.15, 0.2) is 11.5 Å². The third kappa shape index (κ3) is 2.89. The van der Waals surface area contributed by atoms with Gasteiger partial charge in [0.1, 0.15) is 13.2 Å². The van der Waals surface area contributed by atoms with E-state index in [1.807, 2.05) is 12.1 Å². The molecule has 0 amide bonds. The van der Waals surface area contributed by atoms with Gasteiger partial charge < -0.3 is 14.8 Å². The van der Waals surface area contributed by atoms with Crippen LogP contribution in [-0.2, 0) is 0 Å². The van der Waals surface area contributed by atoms with Gasteiger partial charge in [-0.05, 0) is 42.1 Å². The molecule has 0 saturated heterocycles. The summed E-state index contributed by atoms with van der Waals surface area (Å²) >= 11 is 8.24. The van der Waals surface area contributed by atoms with Gasteiger partial charge in [-0.25, -0.2) is 0 Å². The Morgan fingerprint density at radius 2 is 2.00 bits per heavy atom. The van der Waals surface area contributed by atoms with Crippen LogP contribution in [0.5, 0.6) is 11.5 Å². The van der Waals surface area contributed by atoms with Crippen molar-refractivity contribution in [3.8, 4) is 11.5 Å². The van der Waals surface area contributed by atoms with Crippen molar-refractivity contribution in [2.45, 2.75) is 19.9 Å². The number of rotatable bonds is 4. The van der Waals surface area contributed by atoms with Gasteiger partial charge in [0, 0.05) is 16.0 Å². The zero-order valence-electron chi connectivity index (χ0n) is 12.1. The summed E-state index contributed by atoms with van der Waals surface area (Å²) in [5.74, 6) is 1.51. The molecule has 2 heterocycles. The lowest BCUT2D eigenvalue weighted by atomic mass is 10.0. The van der Waals surface area contributed by atoms with Gasteiger partial charge in [0.05, 0.1) is 6.04 Å². The fraction of sp³-hybridized carbons (Fsp3) is 0.375. The van der Waals surface area contributed by atoms with E-state index in [0.29, 0.717) is 18.2 Å². The summed E-state index contributed by atoms with van der Waals surface area (Å²) in [4.78, 5) is 1.29. The lowest BCUT2D eigenvalue weighted by Crippen LogP contribution is -2.23. The topological polar surface area (TPSA) is 30.5 Å². The van der Waals surface area contributed by atoms with Crippen molar-refractivity contribution in [2.24, 2.45) is 0 Å². The molecule has 0 fully saturated rings. The van der Waals surface area contributed by atoms with Crippen LogP contribution in [0.3, 0.4) is 0 Å². The molecule has 21 heavy (non-hydrogen) atoms. The third-order valence-electron chi connectivity index (χ3n) is 3.54. The normalized spacial score (nSPS) is 15.0. The summed E-state index contributed by atoms with van der Waals surface area (Å²) in [5.41, 5.74) is 2.31. The molecule has 1 aromatic carbocycles. The molecule has 1 aromatic heterocycles. The zero-order valence-corrected chi connectivity index (χ0v) is 13.7. The molecule has 1 aliphatic rings. The molecule has 0 aliphatic carbocycles. The maximum Gasteiger partial charge on any atom is 0.162 e. The largest absolute Gasteiger partial charge is 0.486 e. The lowest BCUT2D eigenvalue weighted by Gasteiger charge is -2.24. The second kappa shape index (κ2) is 6.26. The maximum absolute atomic E-state index is 6.49. The molecule has 3 nitrogen and oxygen atoms in total. The fourth-order valence-corrected chi connectivity index (χ4v) is 3.81. The first-order valence-electron chi connectivity index (χ1n) is 7.07. The Labute approximate surface area is 133 Å². The summed E-state index contributed by atoms with van der Waals surface area (Å²) in [6.45, 7) is 6.25. The Morgan fingerprint density at radius 1 is 1.29 bits per heavy atom. The highest BCUT2D eigenvalue weighted by atomic mass is 35.5. The monoisotopic (exact) mass is 323 g/mol. The molecule has 0 bridgehead atoms. The molecule has 3 rings (SSSR count). The van der Waals surface area contributed by atoms with E-state index in [1.165, 1.54) is 10.4 Å². The van der Waals surface area contributed by atoms with Gasteiger partial charge in [-0.1, -0.05) is 18.5 Å². The summed E-state index contributed by atoms with van der Waals surface area (Å²) in [6, 6.07) is 6.08. The number of benzene rings is 1. The predicted molar refractivity (Wildman–Crippen MR) is 87.0 cm³/mol. The highest BCUT2D eigenvalue weighted by Gasteiger charge is 2.23. The molecule has 2 aromatic rings. The fourth-order valence-electron chi connectivity index (χ4n) is 2.53. The molecular formula is C16H18ClNO2S. The van der Waals surface area contributed by atoms with Crippen LogP contribution in [0.2, 0.25) is 5.02 Å². The van der Waals surface area contributed by atoms with Crippen molar-refractivity contribution >= 4 is 22.9 Å². The minimum Gasteiger partial charge on any atom is -0.486 e. The van der Waals surface area contributed by atoms with Crippen molar-refractivity contribution < 1.29 is 9.47 Å². The van der Waals surface area contributed by atoms with Crippen LogP contribution >= 0.6 is 22.9 Å². The van der Waals surface area contributed by atoms with Gasteiger partial charge in [-0.2, -0.15) is 0 Å². The zero-order chi connectivity index (χ0) is 14.8. The highest BCUT2D eigenvalue weighted by molar-refractivity contribution is 7.10. The van der Waals surface area contributed by atoms with E-state index in [-0.39, 0.29) is 6.04 Å². The minimum atomic E-state index is 0.0818. The number of aryl methyl sites for hydroxylation is 1. The van der Waals surface area contributed by atoms with Crippen molar-refractivity contribution in [2.75, 3.05) is 19.8 Å². The molecule has 1 aliphatic heterocycles. The van der Waals surface area contributed by atoms with Crippen LogP contribution in [0.25, 0.3) is 0 Å². The summed E-state index contributed by atoms with van der Waals surface area (Å²) in [6.07, 6.45) is 0. The molecule has 1 N–H and O–H groups in total. The smallest absolute Gasteiger partial charge is 0.162 e. The average molecular weight is 324 g/mol. The van der Waals surface area contributed by atoms with E-state index >= 15 is 0 Å². The molecule has 112 valence electrons. The van der Waals surface area contributed by atoms with Gasteiger partial charge in [-0.15, -0.1) is 11.3 Å². The Hall–Kier alpha value is -1.23. The first kappa shape index (κ1) is 14.7. The standard InChI is InChI=1S/C16H18ClNO2S/c1-3-18-15(16-10(2)4-7-21-16)11-8-13-14(9-12(11)17)20-6-5-19-13/h4,7-9,15,18H,3,5-6H2,1-2H3. The minimum absolute atomic E-state index is 0.0818. The SMILES string of the molecule is CCNC(c1cc2c(cc1Cl)OCCO2)c1sccc1C. The molecule has 1 unspecified atom stereocenters. The van der Waals surface area contributed by atoms with Gasteiger partial charge in [-0.3, -0.25) is 0 Å². The van der Waals surface area contributed by atoms with E-state index in [1.54, 1.807) is 11.3 Å². The van der Waals surface area contributed by atoms with Crippen LogP contribution < -0.4 is 14.8 Å². The number of nitrogens with one attached hydrogen (secondary N) is 1. The Bertz CT molecular complexity index is 641. The predicted octanol–water partition coefficient (Wildman–Crippen LogP) is 4.18. The third-order valence-corrected chi connectivity index (χ3v) is 4.96. The van der Waals surface area contributed by atoms with Crippen LogP contribution in [0, 0.1) is 6.92 Å². The van der Waals surface area contributed by atoms with E-state index in [0.717, 1.165) is 23.6 Å². The Balaban J connectivity index is 2.05. The second-order valence-corrected chi connectivity index (χ2v) is 6.33. The van der Waals surface area contributed by atoms with Crippen LogP contribution in [0.1, 0.15) is 29.0 Å². The molecular weight excluding hydrogens is 306 g/mol. The van der Waals surface area contributed by atoms with Crippen LogP contribution in [-0.4, -0.2) is 19.8 Å². The van der Waals surface area contributed by atoms with Gasteiger partial charge in [0.2, 0.25) is 0 Å². The average Bonchev–Trinajstić information content (AvgIpc) is 2.90. The first-order chi connectivity index (χ1) is 10.2. The molecule has 0 saturated carbocycles. The maximum atomic E-state index is 6.49. The van der Waals surface area contributed by atoms with Crippen molar-refractivity contribution in [1.82, 2.24) is 5.32 Å². The van der Waals surface area contributed by atoms with Gasteiger partial charge >= 0.3 is 0 Å². The highest BCUT2D eigenvalue weighted by Crippen LogP contribution is 2.40. The van der Waals surface area contributed by atoms with Crippen LogP contribution in [0.15, 0.2) is 23.6 Å². The second-order valence-electron chi connectivity index (χ2n) is 4.98. The number of thiophene rings is 1. The van der Waals surface area contributed by atoms with Crippen LogP contribution in [0.4, 0.5) is 0 Å². The van der Waals surface area contributed by atoms with E-state index in [9.17, 15) is 0 Å². The summed E-state index contributed by atoms with van der Waals surface area (Å²) < 4.78 is 11.3. The molecule has 0 spiro atoms. The van der Waals surface area contributed by atoms with E-state index in [2.05, 4.69) is 30.6 Å². The lowest BCUT2D eigenvalue weighted by molar-refractivity contribution is 0.171. The number of fused-ring (bicyclic) bond motifs is 1. The number of halogens is 1. The number of ether oxygens (including phenoxy) is 2. The molecule has 1 atom stereocenters. The number of hydrogen-bond acceptors (Lipinski definition) is 4. The van der Waals surface area contributed by atoms with Crippen molar-refractivity contribution in [3.63, 3.8) is 0 Å². The summed E-state index contributed by atoms with van der Waals surface area (Å²) in [7, 11) is 0. The first-order valence-corrected chi connectivity index (χ1v) is 8.33. The van der Waals surface area contributed by atoms with E-state index in [4.69, 9.17) is 21.1 Å². The van der Waals surface area contributed by atoms with Crippen molar-refractivity contribution in [3.05, 3.63) is 44.6 Å². The summed E-state index contributed by atoms with van der Waals surface area (Å²) in [5, 5.41) is 6.34. The van der Waals surface area contributed by atoms with Crippen molar-refractivity contribution in [1.29, 1.82) is 0 Å². The number of hydrogen-bond donors (Lipinski definition) is 1. The Kier molecular flexibility index (Phi) is 4.38.